The van der Waals surface area contributed by atoms with Crippen molar-refractivity contribution in [3.05, 3.63) is 45.1 Å². The summed E-state index contributed by atoms with van der Waals surface area (Å²) in [5, 5.41) is 4.74. The molecule has 7 aromatic rings. The number of unbranched alkanes of at least 4 members (excludes halogenated alkanes) is 20. The van der Waals surface area contributed by atoms with E-state index in [1.165, 1.54) is 228 Å². The number of thiazole rings is 2. The number of fused-ring (bicyclic) bond motifs is 3. The Kier molecular flexibility index (Phi) is 25.6. The molecule has 408 valence electrons. The monoisotopic (exact) mass is 1110 g/mol. The summed E-state index contributed by atoms with van der Waals surface area (Å²) in [6, 6.07) is 9.79. The van der Waals surface area contributed by atoms with Crippen molar-refractivity contribution in [3.8, 4) is 41.0 Å². The maximum Gasteiger partial charge on any atom is 0.155 e. The topological polar surface area (TPSA) is 44.2 Å². The van der Waals surface area contributed by atoms with Gasteiger partial charge in [0.2, 0.25) is 0 Å². The first-order chi connectivity index (χ1) is 36.3. The zero-order chi connectivity index (χ0) is 52.1. The maximum absolute atomic E-state index is 7.09. The average molecular weight is 1120 g/mol. The third-order valence-electron chi connectivity index (χ3n) is 15.5. The minimum Gasteiger partial charge on any atom is -0.491 e. The smallest absolute Gasteiger partial charge is 0.155 e. The number of benzene rings is 1. The Hall–Kier alpha value is -2.34. The van der Waals surface area contributed by atoms with Crippen molar-refractivity contribution in [2.45, 2.75) is 248 Å². The first kappa shape index (κ1) is 59.3. The van der Waals surface area contributed by atoms with Crippen LogP contribution in [-0.2, 0) is 12.8 Å². The van der Waals surface area contributed by atoms with Gasteiger partial charge in [0.15, 0.2) is 9.66 Å². The number of aryl methyl sites for hydroxylation is 4. The van der Waals surface area contributed by atoms with Crippen LogP contribution in [-0.4, -0.2) is 23.2 Å². The van der Waals surface area contributed by atoms with E-state index in [2.05, 4.69) is 79.7 Å². The first-order valence-electron chi connectivity index (χ1n) is 30.0. The Morgan fingerprint density at radius 3 is 1.30 bits per heavy atom. The van der Waals surface area contributed by atoms with Gasteiger partial charge in [0, 0.05) is 30.3 Å². The lowest BCUT2D eigenvalue weighted by atomic mass is 10.0. The SMILES string of the molecule is CCCCCCCCCCCCc1cc(C)sc1-c1nc2sc(-c3sc(-c4cc5c(OCC(CC)CCCC)c6sc(C)cc6c(OCC(CC)CCCC)c5s4)cc3CCCCCCCCCCCC)nc2s1. The third kappa shape index (κ3) is 16.8. The van der Waals surface area contributed by atoms with Crippen molar-refractivity contribution in [1.29, 1.82) is 0 Å². The molecule has 0 saturated carbocycles. The lowest BCUT2D eigenvalue weighted by molar-refractivity contribution is 0.235. The number of rotatable bonds is 39. The van der Waals surface area contributed by atoms with E-state index >= 15 is 0 Å². The molecule has 0 aliphatic heterocycles. The maximum atomic E-state index is 7.09. The molecule has 0 aliphatic rings. The van der Waals surface area contributed by atoms with Crippen LogP contribution in [0.5, 0.6) is 11.5 Å². The fraction of sp³-hybridized carbons (Fsp3) is 0.656. The molecular weight excluding hydrogens is 1020 g/mol. The van der Waals surface area contributed by atoms with Gasteiger partial charge in [-0.25, -0.2) is 9.97 Å². The summed E-state index contributed by atoms with van der Waals surface area (Å²) >= 11 is 11.3. The van der Waals surface area contributed by atoms with Crippen LogP contribution in [0.4, 0.5) is 0 Å². The number of thiophene rings is 4. The number of hydrogen-bond acceptors (Lipinski definition) is 10. The summed E-state index contributed by atoms with van der Waals surface area (Å²) in [6.45, 7) is 19.9. The Labute approximate surface area is 472 Å². The van der Waals surface area contributed by atoms with E-state index in [1.807, 2.05) is 68.0 Å². The third-order valence-corrected chi connectivity index (χ3v) is 22.4. The first-order valence-corrected chi connectivity index (χ1v) is 34.9. The van der Waals surface area contributed by atoms with Gasteiger partial charge in [0.05, 0.1) is 32.4 Å². The highest BCUT2D eigenvalue weighted by Gasteiger charge is 2.26. The van der Waals surface area contributed by atoms with Gasteiger partial charge in [-0.05, 0) is 99.6 Å². The fourth-order valence-electron chi connectivity index (χ4n) is 10.7. The molecule has 2 atom stereocenters. The van der Waals surface area contributed by atoms with Crippen LogP contribution in [0, 0.1) is 25.7 Å². The molecule has 0 bridgehead atoms. The van der Waals surface area contributed by atoms with Gasteiger partial charge in [-0.1, -0.05) is 218 Å². The summed E-state index contributed by atoms with van der Waals surface area (Å²) < 4.78 is 16.7. The molecule has 0 N–H and O–H groups in total. The molecule has 0 amide bonds. The van der Waals surface area contributed by atoms with Crippen LogP contribution in [0.15, 0.2) is 24.3 Å². The lowest BCUT2D eigenvalue weighted by Gasteiger charge is -2.19. The van der Waals surface area contributed by atoms with Crippen LogP contribution >= 0.6 is 68.0 Å². The van der Waals surface area contributed by atoms with E-state index in [0.29, 0.717) is 11.8 Å². The number of nitrogens with zero attached hydrogens (tertiary/aromatic N) is 2. The van der Waals surface area contributed by atoms with Crippen molar-refractivity contribution in [3.63, 3.8) is 0 Å². The molecule has 2 unspecified atom stereocenters. The molecule has 6 aromatic heterocycles. The molecule has 1 aromatic carbocycles. The summed E-state index contributed by atoms with van der Waals surface area (Å²) in [6.07, 6.45) is 39.1. The van der Waals surface area contributed by atoms with E-state index in [-0.39, 0.29) is 0 Å². The second-order valence-electron chi connectivity index (χ2n) is 21.8. The molecule has 0 aliphatic carbocycles. The molecule has 0 saturated heterocycles. The molecule has 6 heterocycles. The van der Waals surface area contributed by atoms with Crippen molar-refractivity contribution in [1.82, 2.24) is 9.97 Å². The molecule has 0 radical (unpaired) electrons. The molecule has 0 spiro atoms. The van der Waals surface area contributed by atoms with E-state index in [9.17, 15) is 0 Å². The van der Waals surface area contributed by atoms with Gasteiger partial charge in [-0.15, -0.1) is 45.3 Å². The van der Waals surface area contributed by atoms with Crippen molar-refractivity contribution in [2.24, 2.45) is 11.8 Å². The molecular formula is C64H94N2O2S6. The fourth-order valence-corrected chi connectivity index (χ4v) is 17.5. The van der Waals surface area contributed by atoms with Gasteiger partial charge in [0.1, 0.15) is 21.5 Å². The van der Waals surface area contributed by atoms with E-state index in [0.717, 1.165) is 70.1 Å². The molecule has 74 heavy (non-hydrogen) atoms. The Morgan fingerprint density at radius 1 is 0.405 bits per heavy atom. The van der Waals surface area contributed by atoms with Gasteiger partial charge < -0.3 is 9.47 Å². The highest BCUT2D eigenvalue weighted by atomic mass is 32.1. The highest BCUT2D eigenvalue weighted by Crippen LogP contribution is 2.53. The molecule has 4 nitrogen and oxygen atoms in total. The Bertz CT molecular complexity index is 2580. The predicted octanol–water partition coefficient (Wildman–Crippen LogP) is 24.0. The molecule has 0 fully saturated rings. The minimum atomic E-state index is 0.552. The van der Waals surface area contributed by atoms with Gasteiger partial charge in [-0.2, -0.15) is 0 Å². The van der Waals surface area contributed by atoms with Crippen LogP contribution in [0.2, 0.25) is 0 Å². The van der Waals surface area contributed by atoms with Crippen molar-refractivity contribution >= 4 is 97.9 Å². The summed E-state index contributed by atoms with van der Waals surface area (Å²) in [4.78, 5) is 21.1. The van der Waals surface area contributed by atoms with Gasteiger partial charge >= 0.3 is 0 Å². The molecule has 7 rings (SSSR count). The van der Waals surface area contributed by atoms with Crippen LogP contribution < -0.4 is 9.47 Å². The van der Waals surface area contributed by atoms with E-state index < -0.39 is 0 Å². The van der Waals surface area contributed by atoms with Gasteiger partial charge in [-0.3, -0.25) is 0 Å². The lowest BCUT2D eigenvalue weighted by Crippen LogP contribution is -2.12. The minimum absolute atomic E-state index is 0.552. The Balaban J connectivity index is 1.17. The Morgan fingerprint density at radius 2 is 0.811 bits per heavy atom. The van der Waals surface area contributed by atoms with Crippen LogP contribution in [0.25, 0.3) is 59.4 Å². The summed E-state index contributed by atoms with van der Waals surface area (Å²) in [5.74, 6) is 3.23. The standard InChI is InChI=1S/C64H94N2O2S6/c1-9-15-19-21-23-25-27-29-31-33-37-49-39-45(7)69-57(49)61-65-63-64(73-61)66-62(74-63)58-50(38-34-32-30-28-26-24-22-20-16-10-2)41-53(71-58)54-42-52-56(68-44-48(14-6)36-18-12-4)59-51(40-46(8)70-59)55(60(52)72-54)67-43-47(13-5)35-17-11-3/h39-42,47-48H,9-38,43-44H2,1-8H3. The summed E-state index contributed by atoms with van der Waals surface area (Å²) in [7, 11) is 0. The largest absolute Gasteiger partial charge is 0.491 e. The quantitative estimate of drug-likeness (QED) is 0.0360. The molecule has 10 heteroatoms. The second kappa shape index (κ2) is 31.9. The van der Waals surface area contributed by atoms with Crippen LogP contribution in [0.3, 0.4) is 0 Å². The predicted molar refractivity (Wildman–Crippen MR) is 336 cm³/mol. The zero-order valence-electron chi connectivity index (χ0n) is 47.3. The van der Waals surface area contributed by atoms with Gasteiger partial charge in [0.25, 0.3) is 0 Å². The second-order valence-corrected chi connectivity index (χ2v) is 28.3. The number of aromatic nitrogens is 2. The normalized spacial score (nSPS) is 12.9. The highest BCUT2D eigenvalue weighted by molar-refractivity contribution is 7.33. The average Bonchev–Trinajstić information content (AvgIpc) is 4.28. The number of hydrogen-bond donors (Lipinski definition) is 0. The van der Waals surface area contributed by atoms with Crippen LogP contribution in [0.1, 0.15) is 242 Å². The number of ether oxygens (including phenoxy) is 2. The zero-order valence-corrected chi connectivity index (χ0v) is 52.2. The summed E-state index contributed by atoms with van der Waals surface area (Å²) in [5.41, 5.74) is 2.93. The van der Waals surface area contributed by atoms with E-state index in [1.54, 1.807) is 0 Å². The van der Waals surface area contributed by atoms with Crippen molar-refractivity contribution in [2.75, 3.05) is 13.2 Å². The van der Waals surface area contributed by atoms with E-state index in [4.69, 9.17) is 19.4 Å². The van der Waals surface area contributed by atoms with Crippen molar-refractivity contribution < 1.29 is 9.47 Å².